The molecule has 0 fully saturated rings. The zero-order chi connectivity index (χ0) is 12.1. The van der Waals surface area contributed by atoms with Gasteiger partial charge in [0.15, 0.2) is 5.78 Å². The predicted octanol–water partition coefficient (Wildman–Crippen LogP) is 4.60. The summed E-state index contributed by atoms with van der Waals surface area (Å²) in [7, 11) is 0. The van der Waals surface area contributed by atoms with Gasteiger partial charge >= 0.3 is 0 Å². The molecule has 0 amide bonds. The number of rotatable bonds is 5. The predicted molar refractivity (Wildman–Crippen MR) is 67.1 cm³/mol. The highest BCUT2D eigenvalue weighted by atomic mass is 79.9. The summed E-state index contributed by atoms with van der Waals surface area (Å²) in [5.41, 5.74) is 0.454. The van der Waals surface area contributed by atoms with Gasteiger partial charge in [0.25, 0.3) is 0 Å². The third-order valence-electron chi connectivity index (χ3n) is 2.50. The molecule has 1 unspecified atom stereocenters. The van der Waals surface area contributed by atoms with Crippen LogP contribution in [-0.2, 0) is 0 Å². The number of hydrogen-bond donors (Lipinski definition) is 0. The molecule has 16 heavy (non-hydrogen) atoms. The van der Waals surface area contributed by atoms with Crippen molar-refractivity contribution in [2.24, 2.45) is 5.92 Å². The van der Waals surface area contributed by atoms with Gasteiger partial charge < -0.3 is 0 Å². The lowest BCUT2D eigenvalue weighted by Gasteiger charge is -2.09. The second-order valence-corrected chi connectivity index (χ2v) is 5.09. The first-order chi connectivity index (χ1) is 7.52. The fraction of sp³-hybridized carbons (Fsp3) is 0.462. The summed E-state index contributed by atoms with van der Waals surface area (Å²) in [6.45, 7) is 4.15. The van der Waals surface area contributed by atoms with E-state index in [9.17, 15) is 9.18 Å². The summed E-state index contributed by atoms with van der Waals surface area (Å²) in [4.78, 5) is 11.8. The second kappa shape index (κ2) is 6.14. The van der Waals surface area contributed by atoms with Crippen LogP contribution in [0.2, 0.25) is 0 Å². The van der Waals surface area contributed by atoms with Crippen LogP contribution in [0, 0.1) is 11.7 Å². The first-order valence-corrected chi connectivity index (χ1v) is 6.31. The van der Waals surface area contributed by atoms with Gasteiger partial charge in [-0.05, 0) is 24.1 Å². The van der Waals surface area contributed by atoms with E-state index in [1.54, 1.807) is 6.07 Å². The van der Waals surface area contributed by atoms with Crippen molar-refractivity contribution in [1.82, 2.24) is 0 Å². The van der Waals surface area contributed by atoms with E-state index in [2.05, 4.69) is 29.8 Å². The number of hydrogen-bond acceptors (Lipinski definition) is 1. The average Bonchev–Trinajstić information content (AvgIpc) is 2.16. The highest BCUT2D eigenvalue weighted by Crippen LogP contribution is 2.19. The number of benzene rings is 1. The van der Waals surface area contributed by atoms with Gasteiger partial charge in [-0.25, -0.2) is 4.39 Å². The molecule has 1 nitrogen and oxygen atoms in total. The molecule has 3 heteroatoms. The van der Waals surface area contributed by atoms with Gasteiger partial charge in [0, 0.05) is 16.5 Å². The molecule has 88 valence electrons. The molecule has 0 aliphatic rings. The fourth-order valence-electron chi connectivity index (χ4n) is 1.74. The summed E-state index contributed by atoms with van der Waals surface area (Å²) in [5, 5.41) is 0. The van der Waals surface area contributed by atoms with E-state index in [1.165, 1.54) is 12.1 Å². The Labute approximate surface area is 104 Å². The molecule has 0 radical (unpaired) electrons. The van der Waals surface area contributed by atoms with Gasteiger partial charge in [-0.1, -0.05) is 42.6 Å². The van der Waals surface area contributed by atoms with Gasteiger partial charge in [0.1, 0.15) is 5.82 Å². The maximum Gasteiger partial charge on any atom is 0.163 e. The van der Waals surface area contributed by atoms with Crippen molar-refractivity contribution in [2.75, 3.05) is 0 Å². The lowest BCUT2D eigenvalue weighted by Crippen LogP contribution is -2.06. The minimum Gasteiger partial charge on any atom is -0.294 e. The lowest BCUT2D eigenvalue weighted by molar-refractivity contribution is 0.0962. The Morgan fingerprint density at radius 3 is 2.69 bits per heavy atom. The van der Waals surface area contributed by atoms with Crippen LogP contribution in [0.1, 0.15) is 43.5 Å². The molecular weight excluding hydrogens is 271 g/mol. The summed E-state index contributed by atoms with van der Waals surface area (Å²) in [5.74, 6) is 0.00145. The van der Waals surface area contributed by atoms with E-state index in [-0.39, 0.29) is 11.6 Å². The Kier molecular flexibility index (Phi) is 5.13. The van der Waals surface area contributed by atoms with Crippen molar-refractivity contribution in [3.63, 3.8) is 0 Å². The molecule has 0 spiro atoms. The summed E-state index contributed by atoms with van der Waals surface area (Å²) in [6, 6.07) is 4.32. The maximum atomic E-state index is 13.1. The Balaban J connectivity index is 2.72. The van der Waals surface area contributed by atoms with Gasteiger partial charge in [0.2, 0.25) is 0 Å². The normalized spacial score (nSPS) is 12.5. The van der Waals surface area contributed by atoms with Crippen LogP contribution in [0.5, 0.6) is 0 Å². The topological polar surface area (TPSA) is 17.1 Å². The van der Waals surface area contributed by atoms with Crippen molar-refractivity contribution in [1.29, 1.82) is 0 Å². The third kappa shape index (κ3) is 4.05. The summed E-state index contributed by atoms with van der Waals surface area (Å²) in [6.07, 6.45) is 2.59. The first-order valence-electron chi connectivity index (χ1n) is 5.52. The molecule has 1 aromatic carbocycles. The highest BCUT2D eigenvalue weighted by Gasteiger charge is 2.12. The van der Waals surface area contributed by atoms with Crippen LogP contribution in [0.25, 0.3) is 0 Å². The molecule has 0 bridgehead atoms. The van der Waals surface area contributed by atoms with Gasteiger partial charge in [-0.2, -0.15) is 0 Å². The van der Waals surface area contributed by atoms with Gasteiger partial charge in [-0.15, -0.1) is 0 Å². The van der Waals surface area contributed by atoms with Crippen LogP contribution in [0.3, 0.4) is 0 Å². The Hall–Kier alpha value is -0.700. The zero-order valence-corrected chi connectivity index (χ0v) is 11.2. The molecule has 0 heterocycles. The molecule has 1 atom stereocenters. The highest BCUT2D eigenvalue weighted by molar-refractivity contribution is 9.10. The van der Waals surface area contributed by atoms with Crippen LogP contribution in [-0.4, -0.2) is 5.78 Å². The molecule has 0 aliphatic carbocycles. The lowest BCUT2D eigenvalue weighted by atomic mass is 9.96. The molecule has 0 saturated heterocycles. The van der Waals surface area contributed by atoms with E-state index < -0.39 is 0 Å². The number of carbonyl (C=O) groups excluding carboxylic acids is 1. The van der Waals surface area contributed by atoms with E-state index >= 15 is 0 Å². The summed E-state index contributed by atoms with van der Waals surface area (Å²) < 4.78 is 13.7. The Morgan fingerprint density at radius 1 is 1.44 bits per heavy atom. The molecule has 1 rings (SSSR count). The molecule has 0 N–H and O–H groups in total. The molecule has 0 aromatic heterocycles. The van der Waals surface area contributed by atoms with E-state index in [4.69, 9.17) is 0 Å². The van der Waals surface area contributed by atoms with Crippen molar-refractivity contribution in [2.45, 2.75) is 33.1 Å². The minimum atomic E-state index is -0.374. The Morgan fingerprint density at radius 2 is 2.12 bits per heavy atom. The quantitative estimate of drug-likeness (QED) is 0.723. The fourth-order valence-corrected chi connectivity index (χ4v) is 2.21. The van der Waals surface area contributed by atoms with Crippen LogP contribution < -0.4 is 0 Å². The van der Waals surface area contributed by atoms with Crippen molar-refractivity contribution >= 4 is 21.7 Å². The third-order valence-corrected chi connectivity index (χ3v) is 2.96. The van der Waals surface area contributed by atoms with Crippen molar-refractivity contribution in [3.8, 4) is 0 Å². The monoisotopic (exact) mass is 286 g/mol. The molecule has 0 aliphatic heterocycles. The smallest absolute Gasteiger partial charge is 0.163 e. The molecule has 0 saturated carbocycles. The number of carbonyl (C=O) groups is 1. The van der Waals surface area contributed by atoms with E-state index in [0.29, 0.717) is 22.4 Å². The number of Topliss-reactive ketones (excluding diaryl/α,β-unsaturated/α-hetero) is 1. The van der Waals surface area contributed by atoms with Crippen LogP contribution >= 0.6 is 15.9 Å². The standard InChI is InChI=1S/C13H16BrFO/c1-3-4-9(2)5-13(16)10-6-11(14)8-12(15)7-10/h6-9H,3-5H2,1-2H3. The van der Waals surface area contributed by atoms with Gasteiger partial charge in [0.05, 0.1) is 0 Å². The SMILES string of the molecule is CCCC(C)CC(=O)c1cc(F)cc(Br)c1. The zero-order valence-electron chi connectivity index (χ0n) is 9.59. The Bertz CT molecular complexity index is 356. The van der Waals surface area contributed by atoms with Crippen molar-refractivity contribution < 1.29 is 9.18 Å². The maximum absolute atomic E-state index is 13.1. The van der Waals surface area contributed by atoms with E-state index in [0.717, 1.165) is 12.8 Å². The van der Waals surface area contributed by atoms with Crippen LogP contribution in [0.4, 0.5) is 4.39 Å². The number of ketones is 1. The minimum absolute atomic E-state index is 0.0150. The van der Waals surface area contributed by atoms with Crippen molar-refractivity contribution in [3.05, 3.63) is 34.1 Å². The summed E-state index contributed by atoms with van der Waals surface area (Å²) >= 11 is 3.19. The van der Waals surface area contributed by atoms with E-state index in [1.807, 2.05) is 0 Å². The number of halogens is 2. The second-order valence-electron chi connectivity index (χ2n) is 4.18. The molecular formula is C13H16BrFO. The van der Waals surface area contributed by atoms with Crippen LogP contribution in [0.15, 0.2) is 22.7 Å². The average molecular weight is 287 g/mol. The largest absolute Gasteiger partial charge is 0.294 e. The first kappa shape index (κ1) is 13.4. The molecule has 1 aromatic rings. The van der Waals surface area contributed by atoms with Gasteiger partial charge in [-0.3, -0.25) is 4.79 Å².